The van der Waals surface area contributed by atoms with Crippen LogP contribution in [0.4, 0.5) is 4.39 Å². The number of benzene rings is 1. The maximum atomic E-state index is 13.0. The molecule has 0 spiro atoms. The van der Waals surface area contributed by atoms with Crippen molar-refractivity contribution in [3.63, 3.8) is 0 Å². The van der Waals surface area contributed by atoms with Gasteiger partial charge in [0.15, 0.2) is 9.84 Å². The van der Waals surface area contributed by atoms with Gasteiger partial charge in [0.05, 0.1) is 21.8 Å². The summed E-state index contributed by atoms with van der Waals surface area (Å²) in [5, 5.41) is -0.0777. The molecule has 1 unspecified atom stereocenters. The molecule has 0 N–H and O–H groups in total. The largest absolute Gasteiger partial charge is 0.377 e. The van der Waals surface area contributed by atoms with Gasteiger partial charge in [0.2, 0.25) is 0 Å². The van der Waals surface area contributed by atoms with E-state index in [2.05, 4.69) is 0 Å². The van der Waals surface area contributed by atoms with Crippen molar-refractivity contribution < 1.29 is 17.5 Å². The summed E-state index contributed by atoms with van der Waals surface area (Å²) < 4.78 is 43.0. The molecule has 1 aliphatic rings. The van der Waals surface area contributed by atoms with Crippen LogP contribution in [0.1, 0.15) is 19.8 Å². The van der Waals surface area contributed by atoms with Crippen molar-refractivity contribution in [2.75, 3.05) is 12.4 Å². The molecule has 0 bridgehead atoms. The topological polar surface area (TPSA) is 43.4 Å². The van der Waals surface area contributed by atoms with Crippen molar-refractivity contribution >= 4 is 21.4 Å². The number of sulfone groups is 1. The Morgan fingerprint density at radius 2 is 2.16 bits per heavy atom. The molecule has 1 fully saturated rings. The Bertz CT molecular complexity index is 555. The molecular formula is C13H16ClFO3S. The molecule has 19 heavy (non-hydrogen) atoms. The molecule has 1 saturated carbocycles. The van der Waals surface area contributed by atoms with E-state index in [-0.39, 0.29) is 21.8 Å². The first-order valence-corrected chi connectivity index (χ1v) is 8.26. The van der Waals surface area contributed by atoms with Gasteiger partial charge in [-0.25, -0.2) is 12.8 Å². The Morgan fingerprint density at radius 1 is 1.47 bits per heavy atom. The molecule has 0 saturated heterocycles. The van der Waals surface area contributed by atoms with E-state index in [1.165, 1.54) is 6.07 Å². The molecule has 1 aromatic rings. The third-order valence-corrected chi connectivity index (χ3v) is 5.36. The van der Waals surface area contributed by atoms with Crippen LogP contribution in [0, 0.1) is 11.7 Å². The lowest BCUT2D eigenvalue weighted by Crippen LogP contribution is -2.26. The highest BCUT2D eigenvalue weighted by Crippen LogP contribution is 2.36. The Balaban J connectivity index is 2.21. The summed E-state index contributed by atoms with van der Waals surface area (Å²) in [4.78, 5) is -0.0269. The van der Waals surface area contributed by atoms with Gasteiger partial charge in [0.1, 0.15) is 5.82 Å². The fourth-order valence-electron chi connectivity index (χ4n) is 2.04. The fraction of sp³-hybridized carbons (Fsp3) is 0.538. The molecule has 0 aliphatic heterocycles. The van der Waals surface area contributed by atoms with Gasteiger partial charge in [0, 0.05) is 6.61 Å². The third kappa shape index (κ3) is 3.68. The van der Waals surface area contributed by atoms with Crippen LogP contribution in [-0.2, 0) is 14.6 Å². The second-order valence-corrected chi connectivity index (χ2v) is 7.10. The predicted octanol–water partition coefficient (Wildman–Crippen LogP) is 3.07. The van der Waals surface area contributed by atoms with E-state index in [0.717, 1.165) is 25.0 Å². The molecule has 0 heterocycles. The number of halogens is 2. The average Bonchev–Trinajstić information content (AvgIpc) is 3.11. The molecule has 3 nitrogen and oxygen atoms in total. The zero-order valence-electron chi connectivity index (χ0n) is 10.6. The Kier molecular flexibility index (Phi) is 4.48. The molecule has 2 rings (SSSR count). The lowest BCUT2D eigenvalue weighted by atomic mass is 10.3. The SMILES string of the molecule is CCOC(CS(=O)(=O)c1ccc(F)cc1Cl)C1CC1. The first-order chi connectivity index (χ1) is 8.94. The number of rotatable bonds is 6. The van der Waals surface area contributed by atoms with E-state index >= 15 is 0 Å². The zero-order valence-corrected chi connectivity index (χ0v) is 12.2. The molecule has 106 valence electrons. The summed E-state index contributed by atoms with van der Waals surface area (Å²) >= 11 is 5.81. The minimum atomic E-state index is -3.56. The summed E-state index contributed by atoms with van der Waals surface area (Å²) in [6.07, 6.45) is 1.70. The van der Waals surface area contributed by atoms with Crippen LogP contribution in [0.25, 0.3) is 0 Å². The van der Waals surface area contributed by atoms with Crippen molar-refractivity contribution in [1.82, 2.24) is 0 Å². The van der Waals surface area contributed by atoms with Gasteiger partial charge in [0.25, 0.3) is 0 Å². The highest BCUT2D eigenvalue weighted by atomic mass is 35.5. The third-order valence-electron chi connectivity index (χ3n) is 3.14. The van der Waals surface area contributed by atoms with E-state index in [9.17, 15) is 12.8 Å². The van der Waals surface area contributed by atoms with Crippen LogP contribution < -0.4 is 0 Å². The van der Waals surface area contributed by atoms with E-state index < -0.39 is 15.7 Å². The zero-order chi connectivity index (χ0) is 14.0. The summed E-state index contributed by atoms with van der Waals surface area (Å²) in [5.41, 5.74) is 0. The summed E-state index contributed by atoms with van der Waals surface area (Å²) in [7, 11) is -3.56. The van der Waals surface area contributed by atoms with Gasteiger partial charge in [-0.05, 0) is 43.9 Å². The van der Waals surface area contributed by atoms with Gasteiger partial charge in [-0.3, -0.25) is 0 Å². The quantitative estimate of drug-likeness (QED) is 0.759. The first kappa shape index (κ1) is 14.8. The highest BCUT2D eigenvalue weighted by molar-refractivity contribution is 7.91. The fourth-order valence-corrected chi connectivity index (χ4v) is 4.17. The maximum Gasteiger partial charge on any atom is 0.182 e. The molecule has 0 aromatic heterocycles. The maximum absolute atomic E-state index is 13.0. The van der Waals surface area contributed by atoms with Gasteiger partial charge in [-0.15, -0.1) is 0 Å². The van der Waals surface area contributed by atoms with Gasteiger partial charge in [-0.2, -0.15) is 0 Å². The lowest BCUT2D eigenvalue weighted by molar-refractivity contribution is 0.0631. The van der Waals surface area contributed by atoms with Crippen LogP contribution in [0.5, 0.6) is 0 Å². The minimum Gasteiger partial charge on any atom is -0.377 e. The first-order valence-electron chi connectivity index (χ1n) is 6.23. The van der Waals surface area contributed by atoms with Gasteiger partial charge >= 0.3 is 0 Å². The van der Waals surface area contributed by atoms with Crippen LogP contribution in [0.2, 0.25) is 5.02 Å². The molecule has 0 amide bonds. The lowest BCUT2D eigenvalue weighted by Gasteiger charge is -2.17. The minimum absolute atomic E-state index is 0.0269. The summed E-state index contributed by atoms with van der Waals surface area (Å²) in [5.74, 6) is -0.335. The van der Waals surface area contributed by atoms with Crippen LogP contribution in [-0.4, -0.2) is 26.9 Å². The van der Waals surface area contributed by atoms with E-state index in [1.54, 1.807) is 0 Å². The van der Waals surface area contributed by atoms with Crippen molar-refractivity contribution in [2.45, 2.75) is 30.8 Å². The van der Waals surface area contributed by atoms with Crippen LogP contribution >= 0.6 is 11.6 Å². The number of hydrogen-bond donors (Lipinski definition) is 0. The summed E-state index contributed by atoms with van der Waals surface area (Å²) in [6, 6.07) is 3.33. The van der Waals surface area contributed by atoms with Crippen LogP contribution in [0.3, 0.4) is 0 Å². The standard InChI is InChI=1S/C13H16ClFO3S/c1-2-18-12(9-3-4-9)8-19(16,17)13-6-5-10(15)7-11(13)14/h5-7,9,12H,2-4,8H2,1H3. The molecule has 6 heteroatoms. The molecule has 1 aliphatic carbocycles. The van der Waals surface area contributed by atoms with Crippen LogP contribution in [0.15, 0.2) is 23.1 Å². The van der Waals surface area contributed by atoms with Crippen molar-refractivity contribution in [3.8, 4) is 0 Å². The molecule has 1 atom stereocenters. The van der Waals surface area contributed by atoms with E-state index in [4.69, 9.17) is 16.3 Å². The van der Waals surface area contributed by atoms with Crippen molar-refractivity contribution in [1.29, 1.82) is 0 Å². The number of ether oxygens (including phenoxy) is 1. The number of hydrogen-bond acceptors (Lipinski definition) is 3. The molecule has 0 radical (unpaired) electrons. The van der Waals surface area contributed by atoms with E-state index in [0.29, 0.717) is 12.5 Å². The van der Waals surface area contributed by atoms with Crippen molar-refractivity contribution in [3.05, 3.63) is 29.0 Å². The second kappa shape index (κ2) is 5.77. The normalized spacial score (nSPS) is 17.4. The predicted molar refractivity (Wildman–Crippen MR) is 71.6 cm³/mol. The Labute approximate surface area is 117 Å². The van der Waals surface area contributed by atoms with E-state index in [1.807, 2.05) is 6.92 Å². The monoisotopic (exact) mass is 306 g/mol. The average molecular weight is 307 g/mol. The van der Waals surface area contributed by atoms with Crippen molar-refractivity contribution in [2.24, 2.45) is 5.92 Å². The smallest absolute Gasteiger partial charge is 0.182 e. The second-order valence-electron chi connectivity index (χ2n) is 4.69. The Hall–Kier alpha value is -0.650. The Morgan fingerprint density at radius 3 is 2.68 bits per heavy atom. The highest BCUT2D eigenvalue weighted by Gasteiger charge is 2.36. The molecule has 1 aromatic carbocycles. The van der Waals surface area contributed by atoms with Gasteiger partial charge in [-0.1, -0.05) is 11.6 Å². The molecular weight excluding hydrogens is 291 g/mol. The summed E-state index contributed by atoms with van der Waals surface area (Å²) in [6.45, 7) is 2.32. The van der Waals surface area contributed by atoms with Gasteiger partial charge < -0.3 is 4.74 Å².